The molecule has 7 heteroatoms. The normalized spacial score (nSPS) is 20.6. The minimum absolute atomic E-state index is 0.0944. The highest BCUT2D eigenvalue weighted by atomic mass is 16.5. The monoisotopic (exact) mass is 390 g/mol. The van der Waals surface area contributed by atoms with E-state index in [-0.39, 0.29) is 30.2 Å². The van der Waals surface area contributed by atoms with Crippen LogP contribution in [0.5, 0.6) is 17.2 Å². The summed E-state index contributed by atoms with van der Waals surface area (Å²) in [6.07, 6.45) is 7.17. The average molecular weight is 390 g/mol. The third-order valence-electron chi connectivity index (χ3n) is 5.73. The van der Waals surface area contributed by atoms with E-state index >= 15 is 0 Å². The summed E-state index contributed by atoms with van der Waals surface area (Å²) in [5.41, 5.74) is 0.555. The topological polar surface area (TPSA) is 77.1 Å². The second-order valence-electron chi connectivity index (χ2n) is 7.50. The summed E-state index contributed by atoms with van der Waals surface area (Å²) in [5, 5.41) is 2.91. The Labute approximate surface area is 166 Å². The number of rotatable bonds is 6. The van der Waals surface area contributed by atoms with Gasteiger partial charge in [0.25, 0.3) is 0 Å². The lowest BCUT2D eigenvalue weighted by molar-refractivity contribution is -0.130. The second kappa shape index (κ2) is 9.17. The van der Waals surface area contributed by atoms with Crippen molar-refractivity contribution in [2.45, 2.75) is 51.0 Å². The smallest absolute Gasteiger partial charge is 0.229 e. The number of ether oxygens (including phenoxy) is 3. The summed E-state index contributed by atoms with van der Waals surface area (Å²) >= 11 is 0. The van der Waals surface area contributed by atoms with E-state index in [1.807, 2.05) is 4.90 Å². The van der Waals surface area contributed by atoms with Gasteiger partial charge in [-0.05, 0) is 12.8 Å². The fourth-order valence-corrected chi connectivity index (χ4v) is 4.23. The third kappa shape index (κ3) is 4.34. The molecule has 1 aliphatic carbocycles. The molecule has 0 spiro atoms. The number of benzene rings is 1. The van der Waals surface area contributed by atoms with Crippen LogP contribution in [0.3, 0.4) is 0 Å². The molecule has 2 amide bonds. The molecule has 0 bridgehead atoms. The van der Waals surface area contributed by atoms with E-state index in [2.05, 4.69) is 5.32 Å². The number of nitrogens with one attached hydrogen (secondary N) is 1. The van der Waals surface area contributed by atoms with Gasteiger partial charge in [-0.3, -0.25) is 9.59 Å². The standard InChI is InChI=1S/C21H30N2O5/c1-26-17-11-15(12-18(27-2)20(17)28-3)22-21(25)14-10-19(24)23(13-14)16-8-6-4-5-7-9-16/h11-12,14,16H,4-10,13H2,1-3H3,(H,22,25). The Bertz CT molecular complexity index is 688. The van der Waals surface area contributed by atoms with Crippen molar-refractivity contribution in [1.29, 1.82) is 0 Å². The zero-order valence-electron chi connectivity index (χ0n) is 17.0. The minimum atomic E-state index is -0.338. The van der Waals surface area contributed by atoms with Gasteiger partial charge in [0.15, 0.2) is 11.5 Å². The molecule has 1 aliphatic heterocycles. The molecule has 1 saturated heterocycles. The first-order valence-corrected chi connectivity index (χ1v) is 9.97. The number of carbonyl (C=O) groups excluding carboxylic acids is 2. The highest BCUT2D eigenvalue weighted by Gasteiger charge is 2.38. The largest absolute Gasteiger partial charge is 0.493 e. The van der Waals surface area contributed by atoms with Crippen LogP contribution in [-0.4, -0.2) is 50.6 Å². The van der Waals surface area contributed by atoms with Crippen molar-refractivity contribution in [3.8, 4) is 17.2 Å². The van der Waals surface area contributed by atoms with Gasteiger partial charge in [0.05, 0.1) is 27.2 Å². The molecule has 154 valence electrons. The lowest BCUT2D eigenvalue weighted by atomic mass is 10.1. The van der Waals surface area contributed by atoms with Crippen LogP contribution in [-0.2, 0) is 9.59 Å². The fraction of sp³-hybridized carbons (Fsp3) is 0.619. The Kier molecular flexibility index (Phi) is 6.65. The van der Waals surface area contributed by atoms with Crippen molar-refractivity contribution < 1.29 is 23.8 Å². The van der Waals surface area contributed by atoms with E-state index in [4.69, 9.17) is 14.2 Å². The van der Waals surface area contributed by atoms with Crippen LogP contribution in [0.25, 0.3) is 0 Å². The first-order valence-electron chi connectivity index (χ1n) is 9.97. The van der Waals surface area contributed by atoms with Crippen molar-refractivity contribution in [2.24, 2.45) is 5.92 Å². The Morgan fingerprint density at radius 1 is 1.00 bits per heavy atom. The summed E-state index contributed by atoms with van der Waals surface area (Å²) in [7, 11) is 4.59. The summed E-state index contributed by atoms with van der Waals surface area (Å²) in [5.74, 6) is 1.02. The predicted octanol–water partition coefficient (Wildman–Crippen LogP) is 3.22. The zero-order valence-corrected chi connectivity index (χ0v) is 17.0. The summed E-state index contributed by atoms with van der Waals surface area (Å²) in [4.78, 5) is 27.3. The molecule has 1 unspecified atom stereocenters. The number of nitrogens with zero attached hydrogens (tertiary/aromatic N) is 1. The fourth-order valence-electron chi connectivity index (χ4n) is 4.23. The summed E-state index contributed by atoms with van der Waals surface area (Å²) < 4.78 is 16.0. The van der Waals surface area contributed by atoms with Gasteiger partial charge in [0.2, 0.25) is 17.6 Å². The van der Waals surface area contributed by atoms with Crippen molar-refractivity contribution in [2.75, 3.05) is 33.2 Å². The summed E-state index contributed by atoms with van der Waals surface area (Å²) in [6.45, 7) is 0.500. The van der Waals surface area contributed by atoms with Crippen LogP contribution in [0.1, 0.15) is 44.9 Å². The number of methoxy groups -OCH3 is 3. The Morgan fingerprint density at radius 3 is 2.14 bits per heavy atom. The van der Waals surface area contributed by atoms with Crippen LogP contribution >= 0.6 is 0 Å². The number of hydrogen-bond donors (Lipinski definition) is 1. The zero-order chi connectivity index (χ0) is 20.1. The lowest BCUT2D eigenvalue weighted by Gasteiger charge is -2.27. The highest BCUT2D eigenvalue weighted by Crippen LogP contribution is 2.40. The molecule has 3 rings (SSSR count). The molecule has 1 N–H and O–H groups in total. The Morgan fingerprint density at radius 2 is 1.61 bits per heavy atom. The third-order valence-corrected chi connectivity index (χ3v) is 5.73. The van der Waals surface area contributed by atoms with Gasteiger partial charge < -0.3 is 24.4 Å². The predicted molar refractivity (Wildman–Crippen MR) is 106 cm³/mol. The van der Waals surface area contributed by atoms with E-state index in [0.29, 0.717) is 29.5 Å². The van der Waals surface area contributed by atoms with Crippen LogP contribution in [0.4, 0.5) is 5.69 Å². The van der Waals surface area contributed by atoms with Crippen LogP contribution in [0.2, 0.25) is 0 Å². The minimum Gasteiger partial charge on any atom is -0.493 e. The lowest BCUT2D eigenvalue weighted by Crippen LogP contribution is -2.37. The number of anilines is 1. The number of carbonyl (C=O) groups is 2. The molecule has 1 heterocycles. The highest BCUT2D eigenvalue weighted by molar-refractivity contribution is 5.97. The van der Waals surface area contributed by atoms with Gasteiger partial charge in [-0.25, -0.2) is 0 Å². The van der Waals surface area contributed by atoms with E-state index in [1.165, 1.54) is 34.2 Å². The molecular formula is C21H30N2O5. The van der Waals surface area contributed by atoms with E-state index in [9.17, 15) is 9.59 Å². The molecule has 1 atom stereocenters. The van der Waals surface area contributed by atoms with Crippen molar-refractivity contribution >= 4 is 17.5 Å². The number of hydrogen-bond acceptors (Lipinski definition) is 5. The van der Waals surface area contributed by atoms with Gasteiger partial charge in [0.1, 0.15) is 0 Å². The van der Waals surface area contributed by atoms with Crippen LogP contribution in [0, 0.1) is 5.92 Å². The molecule has 1 saturated carbocycles. The first kappa shape index (κ1) is 20.3. The molecule has 0 radical (unpaired) electrons. The number of amides is 2. The molecular weight excluding hydrogens is 360 g/mol. The van der Waals surface area contributed by atoms with Crippen molar-refractivity contribution in [3.05, 3.63) is 12.1 Å². The van der Waals surface area contributed by atoms with Gasteiger partial charge in [-0.15, -0.1) is 0 Å². The van der Waals surface area contributed by atoms with Crippen LogP contribution in [0.15, 0.2) is 12.1 Å². The molecule has 1 aromatic rings. The van der Waals surface area contributed by atoms with Crippen LogP contribution < -0.4 is 19.5 Å². The molecule has 1 aromatic carbocycles. The maximum Gasteiger partial charge on any atom is 0.229 e. The van der Waals surface area contributed by atoms with Gasteiger partial charge in [-0.1, -0.05) is 25.7 Å². The Hall–Kier alpha value is -2.44. The van der Waals surface area contributed by atoms with Gasteiger partial charge in [0, 0.05) is 36.8 Å². The summed E-state index contributed by atoms with van der Waals surface area (Å²) in [6, 6.07) is 3.67. The van der Waals surface area contributed by atoms with Gasteiger partial charge in [-0.2, -0.15) is 0 Å². The maximum absolute atomic E-state index is 12.8. The Balaban J connectivity index is 1.69. The molecule has 7 nitrogen and oxygen atoms in total. The molecule has 2 aliphatic rings. The van der Waals surface area contributed by atoms with Crippen molar-refractivity contribution in [3.63, 3.8) is 0 Å². The quantitative estimate of drug-likeness (QED) is 0.755. The first-order chi connectivity index (χ1) is 13.6. The number of likely N-dealkylation sites (tertiary alicyclic amines) is 1. The second-order valence-corrected chi connectivity index (χ2v) is 7.50. The maximum atomic E-state index is 12.8. The molecule has 28 heavy (non-hydrogen) atoms. The molecule has 2 fully saturated rings. The van der Waals surface area contributed by atoms with Crippen molar-refractivity contribution in [1.82, 2.24) is 4.90 Å². The van der Waals surface area contributed by atoms with Gasteiger partial charge >= 0.3 is 0 Å². The average Bonchev–Trinajstić information content (AvgIpc) is 2.91. The van der Waals surface area contributed by atoms with E-state index in [1.54, 1.807) is 12.1 Å². The van der Waals surface area contributed by atoms with E-state index < -0.39 is 0 Å². The SMILES string of the molecule is COc1cc(NC(=O)C2CC(=O)N(C3CCCCCC3)C2)cc(OC)c1OC. The molecule has 0 aromatic heterocycles. The van der Waals surface area contributed by atoms with E-state index in [0.717, 1.165) is 25.7 Å².